The van der Waals surface area contributed by atoms with Gasteiger partial charge in [-0.2, -0.15) is 13.2 Å². The van der Waals surface area contributed by atoms with Crippen LogP contribution in [0, 0.1) is 6.92 Å². The second kappa shape index (κ2) is 8.73. The first-order valence-corrected chi connectivity index (χ1v) is 8.50. The van der Waals surface area contributed by atoms with Crippen LogP contribution in [-0.4, -0.2) is 29.9 Å². The quantitative estimate of drug-likeness (QED) is 0.779. The van der Waals surface area contributed by atoms with Crippen molar-refractivity contribution in [2.24, 2.45) is 5.73 Å². The molecule has 0 unspecified atom stereocenters. The fourth-order valence-electron chi connectivity index (χ4n) is 2.51. The molecule has 0 radical (unpaired) electrons. The summed E-state index contributed by atoms with van der Waals surface area (Å²) >= 11 is 0. The Labute approximate surface area is 160 Å². The van der Waals surface area contributed by atoms with Crippen molar-refractivity contribution < 1.29 is 27.5 Å². The largest absolute Gasteiger partial charge is 0.491 e. The number of nitrogens with zero attached hydrogens (tertiary/aromatic N) is 2. The van der Waals surface area contributed by atoms with Gasteiger partial charge in [0.05, 0.1) is 12.1 Å². The molecule has 0 bridgehead atoms. The number of primary amides is 1. The fourth-order valence-corrected chi connectivity index (χ4v) is 2.51. The maximum atomic E-state index is 12.7. The smallest absolute Gasteiger partial charge is 0.416 e. The first-order valence-electron chi connectivity index (χ1n) is 8.50. The maximum absolute atomic E-state index is 12.7. The third-order valence-electron chi connectivity index (χ3n) is 3.98. The first kappa shape index (κ1) is 21.2. The van der Waals surface area contributed by atoms with Crippen molar-refractivity contribution in [3.8, 4) is 5.75 Å². The molecular formula is C19H20F3N3O3. The van der Waals surface area contributed by atoms with E-state index in [9.17, 15) is 22.8 Å². The molecule has 0 fully saturated rings. The monoisotopic (exact) mass is 395 g/mol. The number of carbonyl (C=O) groups excluding carboxylic acids is 2. The van der Waals surface area contributed by atoms with Crippen LogP contribution in [0.4, 0.5) is 19.0 Å². The van der Waals surface area contributed by atoms with Gasteiger partial charge < -0.3 is 10.5 Å². The van der Waals surface area contributed by atoms with Crippen LogP contribution in [0.3, 0.4) is 0 Å². The topological polar surface area (TPSA) is 85.5 Å². The minimum atomic E-state index is -4.43. The third-order valence-corrected chi connectivity index (χ3v) is 3.98. The molecule has 0 aliphatic rings. The van der Waals surface area contributed by atoms with Crippen molar-refractivity contribution in [3.63, 3.8) is 0 Å². The van der Waals surface area contributed by atoms with Crippen molar-refractivity contribution in [2.75, 3.05) is 18.1 Å². The predicted octanol–water partition coefficient (Wildman–Crippen LogP) is 3.33. The number of pyridine rings is 1. The number of hydrogen-bond donors (Lipinski definition) is 1. The SMILES string of the molecule is CCC(=O)N(CCOc1ccc(C(F)(F)F)cc1C)c1cc(C(N)=O)ccn1. The van der Waals surface area contributed by atoms with E-state index in [1.54, 1.807) is 6.92 Å². The van der Waals surface area contributed by atoms with Crippen LogP contribution in [0.15, 0.2) is 36.5 Å². The number of rotatable bonds is 7. The van der Waals surface area contributed by atoms with Crippen molar-refractivity contribution in [1.29, 1.82) is 0 Å². The molecule has 2 N–H and O–H groups in total. The number of hydrogen-bond acceptors (Lipinski definition) is 4. The van der Waals surface area contributed by atoms with Gasteiger partial charge in [-0.15, -0.1) is 0 Å². The lowest BCUT2D eigenvalue weighted by Crippen LogP contribution is -2.35. The predicted molar refractivity (Wildman–Crippen MR) is 97.1 cm³/mol. The molecule has 9 heteroatoms. The molecule has 1 aromatic heterocycles. The van der Waals surface area contributed by atoms with Gasteiger partial charge in [-0.05, 0) is 42.8 Å². The number of nitrogens with two attached hydrogens (primary N) is 1. The van der Waals surface area contributed by atoms with Gasteiger partial charge in [0.25, 0.3) is 0 Å². The summed E-state index contributed by atoms with van der Waals surface area (Å²) < 4.78 is 43.8. The van der Waals surface area contributed by atoms with Gasteiger partial charge in [-0.1, -0.05) is 6.92 Å². The van der Waals surface area contributed by atoms with E-state index in [0.29, 0.717) is 5.56 Å². The molecule has 1 heterocycles. The van der Waals surface area contributed by atoms with E-state index in [0.717, 1.165) is 12.1 Å². The molecular weight excluding hydrogens is 375 g/mol. The van der Waals surface area contributed by atoms with Gasteiger partial charge >= 0.3 is 6.18 Å². The van der Waals surface area contributed by atoms with Crippen molar-refractivity contribution >= 4 is 17.6 Å². The average Bonchev–Trinajstić information content (AvgIpc) is 2.65. The van der Waals surface area contributed by atoms with Crippen LogP contribution in [0.5, 0.6) is 5.75 Å². The fraction of sp³-hybridized carbons (Fsp3) is 0.316. The summed E-state index contributed by atoms with van der Waals surface area (Å²) in [5, 5.41) is 0. The van der Waals surface area contributed by atoms with Crippen LogP contribution in [0.25, 0.3) is 0 Å². The van der Waals surface area contributed by atoms with Crippen molar-refractivity contribution in [2.45, 2.75) is 26.4 Å². The van der Waals surface area contributed by atoms with Crippen LogP contribution in [-0.2, 0) is 11.0 Å². The number of ether oxygens (including phenoxy) is 1. The molecule has 0 saturated carbocycles. The molecule has 0 saturated heterocycles. The Morgan fingerprint density at radius 1 is 1.21 bits per heavy atom. The number of anilines is 1. The highest BCUT2D eigenvalue weighted by Gasteiger charge is 2.30. The Bertz CT molecular complexity index is 869. The Kier molecular flexibility index (Phi) is 6.61. The molecule has 0 spiro atoms. The second-order valence-corrected chi connectivity index (χ2v) is 5.99. The minimum absolute atomic E-state index is 0.0282. The number of aryl methyl sites for hydroxylation is 1. The highest BCUT2D eigenvalue weighted by molar-refractivity contribution is 5.96. The van der Waals surface area contributed by atoms with E-state index < -0.39 is 17.6 Å². The lowest BCUT2D eigenvalue weighted by molar-refractivity contribution is -0.137. The van der Waals surface area contributed by atoms with Crippen LogP contribution < -0.4 is 15.4 Å². The first-order chi connectivity index (χ1) is 13.1. The normalized spacial score (nSPS) is 11.2. The van der Waals surface area contributed by atoms with Gasteiger partial charge in [0, 0.05) is 18.2 Å². The van der Waals surface area contributed by atoms with E-state index in [1.807, 2.05) is 0 Å². The number of aromatic nitrogens is 1. The van der Waals surface area contributed by atoms with E-state index in [4.69, 9.17) is 10.5 Å². The number of halogens is 3. The molecule has 2 amide bonds. The summed E-state index contributed by atoms with van der Waals surface area (Å²) in [6.45, 7) is 3.31. The van der Waals surface area contributed by atoms with E-state index in [1.165, 1.54) is 36.2 Å². The molecule has 0 aliphatic carbocycles. The van der Waals surface area contributed by atoms with Crippen LogP contribution in [0.2, 0.25) is 0 Å². The van der Waals surface area contributed by atoms with Crippen LogP contribution >= 0.6 is 0 Å². The number of alkyl halides is 3. The van der Waals surface area contributed by atoms with Crippen molar-refractivity contribution in [1.82, 2.24) is 4.98 Å². The van der Waals surface area contributed by atoms with Gasteiger partial charge in [0.15, 0.2) is 0 Å². The summed E-state index contributed by atoms with van der Waals surface area (Å²) in [5.41, 5.74) is 5.03. The molecule has 28 heavy (non-hydrogen) atoms. The molecule has 2 aromatic rings. The van der Waals surface area contributed by atoms with E-state index in [2.05, 4.69) is 4.98 Å². The van der Waals surface area contributed by atoms with Gasteiger partial charge in [-0.25, -0.2) is 4.98 Å². The lowest BCUT2D eigenvalue weighted by Gasteiger charge is -2.22. The molecule has 2 rings (SSSR count). The molecule has 0 aliphatic heterocycles. The maximum Gasteiger partial charge on any atom is 0.416 e. The van der Waals surface area contributed by atoms with Gasteiger partial charge in [-0.3, -0.25) is 14.5 Å². The lowest BCUT2D eigenvalue weighted by atomic mass is 10.1. The Balaban J connectivity index is 2.12. The molecule has 1 aromatic carbocycles. The Morgan fingerprint density at radius 2 is 1.93 bits per heavy atom. The highest BCUT2D eigenvalue weighted by Crippen LogP contribution is 2.32. The summed E-state index contributed by atoms with van der Waals surface area (Å²) in [6.07, 6.45) is -2.86. The van der Waals surface area contributed by atoms with Gasteiger partial charge in [0.1, 0.15) is 18.2 Å². The summed E-state index contributed by atoms with van der Waals surface area (Å²) in [6, 6.07) is 6.02. The Hall–Kier alpha value is -3.10. The number of amides is 2. The third kappa shape index (κ3) is 5.21. The molecule has 0 atom stereocenters. The second-order valence-electron chi connectivity index (χ2n) is 5.99. The summed E-state index contributed by atoms with van der Waals surface area (Å²) in [5.74, 6) is -0.363. The highest BCUT2D eigenvalue weighted by atomic mass is 19.4. The molecule has 150 valence electrons. The zero-order valence-corrected chi connectivity index (χ0v) is 15.4. The molecule has 6 nitrogen and oxygen atoms in total. The van der Waals surface area contributed by atoms with Gasteiger partial charge in [0.2, 0.25) is 11.8 Å². The zero-order valence-electron chi connectivity index (χ0n) is 15.4. The minimum Gasteiger partial charge on any atom is -0.491 e. The van der Waals surface area contributed by atoms with Crippen molar-refractivity contribution in [3.05, 3.63) is 53.2 Å². The summed E-state index contributed by atoms with van der Waals surface area (Å²) in [7, 11) is 0. The van der Waals surface area contributed by atoms with Crippen LogP contribution in [0.1, 0.15) is 34.8 Å². The standard InChI is InChI=1S/C19H20F3N3O3/c1-3-17(26)25(16-11-13(18(23)27)6-7-24-16)8-9-28-15-5-4-14(10-12(15)2)19(20,21)22/h4-7,10-11H,3,8-9H2,1-2H3,(H2,23,27). The number of carbonyl (C=O) groups is 2. The Morgan fingerprint density at radius 3 is 2.50 bits per heavy atom. The summed E-state index contributed by atoms with van der Waals surface area (Å²) in [4.78, 5) is 29.0. The van der Waals surface area contributed by atoms with E-state index >= 15 is 0 Å². The number of benzene rings is 1. The van der Waals surface area contributed by atoms with E-state index in [-0.39, 0.29) is 42.6 Å². The zero-order chi connectivity index (χ0) is 20.9. The average molecular weight is 395 g/mol.